The molecule has 12 rings (SSSR count). The van der Waals surface area contributed by atoms with Crippen LogP contribution in [0.1, 0.15) is 0 Å². The molecule has 0 fully saturated rings. The predicted molar refractivity (Wildman–Crippen MR) is 260 cm³/mol. The smallest absolute Gasteiger partial charge is 0.164 e. The van der Waals surface area contributed by atoms with Crippen LogP contribution < -0.4 is 0 Å². The van der Waals surface area contributed by atoms with E-state index in [1.165, 1.54) is 32.7 Å². The lowest BCUT2D eigenvalue weighted by Gasteiger charge is -2.12. The summed E-state index contributed by atoms with van der Waals surface area (Å²) in [5.74, 6) is 1.77. The first-order valence-corrected chi connectivity index (χ1v) is 21.3. The third-order valence-electron chi connectivity index (χ3n) is 12.2. The fourth-order valence-electron chi connectivity index (χ4n) is 9.15. The van der Waals surface area contributed by atoms with Crippen molar-refractivity contribution in [2.75, 3.05) is 0 Å². The number of benzene rings is 10. The second kappa shape index (κ2) is 15.2. The number of para-hydroxylation sites is 1. The Hall–Kier alpha value is -8.47. The van der Waals surface area contributed by atoms with Gasteiger partial charge in [0.05, 0.1) is 0 Å². The first-order chi connectivity index (χ1) is 31.2. The van der Waals surface area contributed by atoms with E-state index in [4.69, 9.17) is 19.4 Å². The second-order valence-corrected chi connectivity index (χ2v) is 15.9. The Morgan fingerprint density at radius 1 is 0.270 bits per heavy atom. The molecule has 2 aromatic heterocycles. The zero-order chi connectivity index (χ0) is 41.7. The molecule has 0 aliphatic heterocycles. The van der Waals surface area contributed by atoms with Crippen molar-refractivity contribution in [3.8, 4) is 78.7 Å². The SMILES string of the molecule is c1ccc(-c2ccc(-c3nc(-c4cccc(-c5cccc6ccccc56)c4)nc(-c4cccc5oc6c(-c7ccc(-c8ccccc8)c8ccccc78)cccc6c45)n3)cc2)cc1. The molecule has 0 N–H and O–H groups in total. The van der Waals surface area contributed by atoms with Crippen molar-refractivity contribution in [1.82, 2.24) is 15.0 Å². The van der Waals surface area contributed by atoms with Crippen molar-refractivity contribution in [1.29, 1.82) is 0 Å². The molecule has 2 heterocycles. The van der Waals surface area contributed by atoms with Gasteiger partial charge in [-0.25, -0.2) is 15.0 Å². The van der Waals surface area contributed by atoms with Crippen molar-refractivity contribution >= 4 is 43.5 Å². The zero-order valence-corrected chi connectivity index (χ0v) is 34.1. The van der Waals surface area contributed by atoms with Gasteiger partial charge in [0.2, 0.25) is 0 Å². The summed E-state index contributed by atoms with van der Waals surface area (Å²) in [6, 6.07) is 78.7. The van der Waals surface area contributed by atoms with E-state index >= 15 is 0 Å². The van der Waals surface area contributed by atoms with Gasteiger partial charge in [-0.05, 0) is 72.6 Å². The van der Waals surface area contributed by atoms with Gasteiger partial charge in [-0.15, -0.1) is 0 Å². The fraction of sp³-hybridized carbons (Fsp3) is 0. The van der Waals surface area contributed by atoms with E-state index in [1.807, 2.05) is 18.2 Å². The molecule has 294 valence electrons. The first kappa shape index (κ1) is 36.4. The van der Waals surface area contributed by atoms with Crippen molar-refractivity contribution in [2.24, 2.45) is 0 Å². The molecule has 4 heteroatoms. The maximum absolute atomic E-state index is 6.88. The van der Waals surface area contributed by atoms with Gasteiger partial charge < -0.3 is 4.42 Å². The zero-order valence-electron chi connectivity index (χ0n) is 34.1. The lowest BCUT2D eigenvalue weighted by Crippen LogP contribution is -2.00. The minimum atomic E-state index is 0.578. The minimum absolute atomic E-state index is 0.578. The number of hydrogen-bond donors (Lipinski definition) is 0. The van der Waals surface area contributed by atoms with E-state index in [1.54, 1.807) is 0 Å². The van der Waals surface area contributed by atoms with Crippen molar-refractivity contribution < 1.29 is 4.42 Å². The number of fused-ring (bicyclic) bond motifs is 5. The van der Waals surface area contributed by atoms with E-state index in [2.05, 4.69) is 206 Å². The largest absolute Gasteiger partial charge is 0.455 e. The number of rotatable bonds is 7. The molecule has 63 heavy (non-hydrogen) atoms. The van der Waals surface area contributed by atoms with Crippen LogP contribution in [0.3, 0.4) is 0 Å². The molecule has 0 radical (unpaired) electrons. The Morgan fingerprint density at radius 2 is 0.762 bits per heavy atom. The van der Waals surface area contributed by atoms with Crippen LogP contribution in [0.25, 0.3) is 122 Å². The lowest BCUT2D eigenvalue weighted by molar-refractivity contribution is 0.670. The molecular weight excluding hydrogens is 767 g/mol. The van der Waals surface area contributed by atoms with Crippen LogP contribution in [0.5, 0.6) is 0 Å². The van der Waals surface area contributed by atoms with Gasteiger partial charge in [0, 0.05) is 33.0 Å². The Balaban J connectivity index is 1.04. The van der Waals surface area contributed by atoms with Gasteiger partial charge in [-0.1, -0.05) is 212 Å². The predicted octanol–water partition coefficient (Wildman–Crippen LogP) is 15.7. The summed E-state index contributed by atoms with van der Waals surface area (Å²) in [5, 5.41) is 6.73. The Morgan fingerprint density at radius 3 is 1.57 bits per heavy atom. The van der Waals surface area contributed by atoms with Crippen LogP contribution in [0.15, 0.2) is 229 Å². The molecule has 0 aliphatic carbocycles. The Kier molecular flexibility index (Phi) is 8.79. The molecule has 0 amide bonds. The average molecular weight is 804 g/mol. The van der Waals surface area contributed by atoms with Crippen molar-refractivity contribution in [2.45, 2.75) is 0 Å². The van der Waals surface area contributed by atoms with E-state index in [0.717, 1.165) is 72.0 Å². The molecular formula is C59H37N3O. The third-order valence-corrected chi connectivity index (χ3v) is 12.2. The maximum atomic E-state index is 6.88. The topological polar surface area (TPSA) is 51.8 Å². The first-order valence-electron chi connectivity index (χ1n) is 21.3. The Bertz CT molecular complexity index is 3660. The van der Waals surface area contributed by atoms with Gasteiger partial charge in [0.15, 0.2) is 17.5 Å². The normalized spacial score (nSPS) is 11.5. The van der Waals surface area contributed by atoms with Gasteiger partial charge in [-0.3, -0.25) is 0 Å². The van der Waals surface area contributed by atoms with Crippen molar-refractivity contribution in [3.63, 3.8) is 0 Å². The van der Waals surface area contributed by atoms with Crippen molar-refractivity contribution in [3.05, 3.63) is 224 Å². The Labute approximate surface area is 364 Å². The van der Waals surface area contributed by atoms with Gasteiger partial charge in [0.1, 0.15) is 11.2 Å². The molecule has 4 nitrogen and oxygen atoms in total. The van der Waals surface area contributed by atoms with E-state index in [0.29, 0.717) is 17.5 Å². The van der Waals surface area contributed by atoms with Crippen LogP contribution in [-0.2, 0) is 0 Å². The van der Waals surface area contributed by atoms with Crippen LogP contribution in [-0.4, -0.2) is 15.0 Å². The van der Waals surface area contributed by atoms with Gasteiger partial charge in [-0.2, -0.15) is 0 Å². The molecule has 0 bridgehead atoms. The van der Waals surface area contributed by atoms with E-state index in [9.17, 15) is 0 Å². The molecule has 0 spiro atoms. The summed E-state index contributed by atoms with van der Waals surface area (Å²) >= 11 is 0. The van der Waals surface area contributed by atoms with E-state index < -0.39 is 0 Å². The van der Waals surface area contributed by atoms with Crippen LogP contribution in [0.2, 0.25) is 0 Å². The molecule has 0 saturated heterocycles. The average Bonchev–Trinajstić information content (AvgIpc) is 3.76. The van der Waals surface area contributed by atoms with Crippen LogP contribution >= 0.6 is 0 Å². The molecule has 0 atom stereocenters. The van der Waals surface area contributed by atoms with Gasteiger partial charge >= 0.3 is 0 Å². The standard InChI is InChI=1S/C59H37N3O/c1-3-15-38(16-4-1)39-31-33-42(34-32-39)57-60-58(44-22-11-21-43(37-44)46-26-12-20-41-19-7-8-23-45(41)46)62-59(61-57)53-29-14-30-54-55(53)52-28-13-27-51(56(52)63-54)50-36-35-47(40-17-5-2-6-18-40)48-24-9-10-25-49(48)50/h1-37H. The maximum Gasteiger partial charge on any atom is 0.164 e. The number of aromatic nitrogens is 3. The van der Waals surface area contributed by atoms with Crippen LogP contribution in [0.4, 0.5) is 0 Å². The molecule has 12 aromatic rings. The summed E-state index contributed by atoms with van der Waals surface area (Å²) in [6.07, 6.45) is 0. The number of nitrogens with zero attached hydrogens (tertiary/aromatic N) is 3. The summed E-state index contributed by atoms with van der Waals surface area (Å²) in [6.45, 7) is 0. The summed E-state index contributed by atoms with van der Waals surface area (Å²) < 4.78 is 6.88. The summed E-state index contributed by atoms with van der Waals surface area (Å²) in [7, 11) is 0. The van der Waals surface area contributed by atoms with Crippen LogP contribution in [0, 0.1) is 0 Å². The summed E-state index contributed by atoms with van der Waals surface area (Å²) in [4.78, 5) is 15.7. The second-order valence-electron chi connectivity index (χ2n) is 15.9. The summed E-state index contributed by atoms with van der Waals surface area (Å²) in [5.41, 5.74) is 13.4. The third kappa shape index (κ3) is 6.44. The number of furan rings is 1. The molecule has 0 unspecified atom stereocenters. The number of hydrogen-bond acceptors (Lipinski definition) is 4. The highest BCUT2D eigenvalue weighted by molar-refractivity contribution is 6.17. The highest BCUT2D eigenvalue weighted by atomic mass is 16.3. The molecule has 0 saturated carbocycles. The molecule has 0 aliphatic rings. The highest BCUT2D eigenvalue weighted by Crippen LogP contribution is 2.43. The lowest BCUT2D eigenvalue weighted by atomic mass is 9.91. The van der Waals surface area contributed by atoms with E-state index in [-0.39, 0.29) is 0 Å². The fourth-order valence-corrected chi connectivity index (χ4v) is 9.15. The van der Waals surface area contributed by atoms with Gasteiger partial charge in [0.25, 0.3) is 0 Å². The minimum Gasteiger partial charge on any atom is -0.455 e. The quantitative estimate of drug-likeness (QED) is 0.161. The monoisotopic (exact) mass is 803 g/mol. The highest BCUT2D eigenvalue weighted by Gasteiger charge is 2.21. The molecule has 10 aromatic carbocycles.